The van der Waals surface area contributed by atoms with Crippen LogP contribution in [-0.4, -0.2) is 0 Å². The fourth-order valence-corrected chi connectivity index (χ4v) is 14.2. The minimum absolute atomic E-state index is 0.0151. The summed E-state index contributed by atoms with van der Waals surface area (Å²) in [6.45, 7) is 18.7. The van der Waals surface area contributed by atoms with Gasteiger partial charge < -0.3 is 9.80 Å². The maximum Gasteiger partial charge on any atom is 0.0540 e. The molecule has 0 saturated carbocycles. The molecule has 13 aromatic rings. The van der Waals surface area contributed by atoms with Gasteiger partial charge in [-0.25, -0.2) is 0 Å². The van der Waals surface area contributed by atoms with Gasteiger partial charge in [0.15, 0.2) is 0 Å². The molecule has 13 aromatic carbocycles. The molecule has 0 saturated heterocycles. The molecule has 85 heavy (non-hydrogen) atoms. The van der Waals surface area contributed by atoms with Crippen molar-refractivity contribution in [3.05, 3.63) is 288 Å². The van der Waals surface area contributed by atoms with Crippen LogP contribution in [-0.2, 0) is 22.7 Å². The number of anilines is 6. The number of allylic oxidation sites excluding steroid dienone is 1. The first kappa shape index (κ1) is 52.3. The number of hydrogen-bond donors (Lipinski definition) is 0. The fourth-order valence-electron chi connectivity index (χ4n) is 14.2. The second-order valence-corrected chi connectivity index (χ2v) is 26.5. The molecule has 0 N–H and O–H groups in total. The summed E-state index contributed by atoms with van der Waals surface area (Å²) in [6, 6.07) is 94.5. The molecule has 2 aliphatic rings. The van der Waals surface area contributed by atoms with E-state index in [2.05, 4.69) is 320 Å². The lowest BCUT2D eigenvalue weighted by Gasteiger charge is -2.30. The Bertz CT molecular complexity index is 4860. The Hall–Kier alpha value is -9.50. The maximum atomic E-state index is 2.62. The second-order valence-electron chi connectivity index (χ2n) is 26.5. The molecule has 0 amide bonds. The summed E-state index contributed by atoms with van der Waals surface area (Å²) in [5, 5.41) is 12.4. The van der Waals surface area contributed by atoms with Gasteiger partial charge >= 0.3 is 0 Å². The highest BCUT2D eigenvalue weighted by atomic mass is 15.1. The van der Waals surface area contributed by atoms with Crippen molar-refractivity contribution in [2.45, 2.75) is 84.5 Å². The summed E-state index contributed by atoms with van der Waals surface area (Å²) in [4.78, 5) is 4.98. The van der Waals surface area contributed by atoms with E-state index in [4.69, 9.17) is 0 Å². The van der Waals surface area contributed by atoms with Crippen LogP contribution in [0.1, 0.15) is 101 Å². The zero-order valence-corrected chi connectivity index (χ0v) is 50.1. The molecule has 0 heterocycles. The Balaban J connectivity index is 1.01. The quantitative estimate of drug-likeness (QED) is 0.140. The Kier molecular flexibility index (Phi) is 12.2. The Labute approximate surface area is 501 Å². The molecule has 0 spiro atoms. The molecule has 2 heteroatoms. The fraction of sp³-hybridized carbons (Fsp3) is 0.157. The van der Waals surface area contributed by atoms with Gasteiger partial charge in [0.05, 0.1) is 11.4 Å². The first-order valence-corrected chi connectivity index (χ1v) is 30.4. The second kappa shape index (κ2) is 19.8. The van der Waals surface area contributed by atoms with Crippen LogP contribution in [0.4, 0.5) is 34.1 Å². The molecule has 0 radical (unpaired) electrons. The zero-order chi connectivity index (χ0) is 57.9. The monoisotopic (exact) mass is 1090 g/mol. The molecule has 2 nitrogen and oxygen atoms in total. The lowest BCUT2D eigenvalue weighted by atomic mass is 9.78. The van der Waals surface area contributed by atoms with E-state index in [1.54, 1.807) is 0 Å². The summed E-state index contributed by atoms with van der Waals surface area (Å²) < 4.78 is 0. The van der Waals surface area contributed by atoms with Gasteiger partial charge in [0.2, 0.25) is 0 Å². The van der Waals surface area contributed by atoms with Crippen LogP contribution in [0.2, 0.25) is 0 Å². The lowest BCUT2D eigenvalue weighted by Crippen LogP contribution is -2.17. The topological polar surface area (TPSA) is 6.48 Å². The van der Waals surface area contributed by atoms with Crippen LogP contribution in [0.15, 0.2) is 249 Å². The van der Waals surface area contributed by atoms with Crippen molar-refractivity contribution >= 4 is 99.6 Å². The van der Waals surface area contributed by atoms with Gasteiger partial charge in [-0.3, -0.25) is 0 Å². The number of rotatable bonds is 8. The Morgan fingerprint density at radius 3 is 1.48 bits per heavy atom. The standard InChI is InChI=1S/C83H70N2/c1-81(2,3)61-35-39-63(40-36-61)84(77-29-17-25-55-21-13-15-27-67(55)77)65-44-46-70-72(49-65)80(60-34-32-54-20-10-12-24-58(54)48-60)73-51-71-69-45-43-66(85(64-41-37-62(38-42-64)82(4,5)6)78-30-18-26-56-22-14-16-28-68(56)78)50-75(69)83(7,8)76(71)52-74(73)79(70)59-33-31-53-19-9-11-23-57(53)47-59/h9-30,32,34-52H,31,33H2,1-8H3. The van der Waals surface area contributed by atoms with E-state index in [-0.39, 0.29) is 16.2 Å². The molecule has 0 fully saturated rings. The van der Waals surface area contributed by atoms with Gasteiger partial charge in [0.1, 0.15) is 0 Å². The predicted octanol–water partition coefficient (Wildman–Crippen LogP) is 23.4. The third kappa shape index (κ3) is 8.84. The van der Waals surface area contributed by atoms with E-state index in [1.807, 2.05) is 0 Å². The number of aryl methyl sites for hydroxylation is 1. The van der Waals surface area contributed by atoms with E-state index in [0.717, 1.165) is 41.3 Å². The van der Waals surface area contributed by atoms with Crippen molar-refractivity contribution in [2.24, 2.45) is 0 Å². The number of hydrogen-bond acceptors (Lipinski definition) is 2. The molecule has 0 atom stereocenters. The summed E-state index contributed by atoms with van der Waals surface area (Å²) in [5.41, 5.74) is 22.4. The van der Waals surface area contributed by atoms with Gasteiger partial charge in [0.25, 0.3) is 0 Å². The van der Waals surface area contributed by atoms with Crippen molar-refractivity contribution in [3.8, 4) is 22.3 Å². The number of fused-ring (bicyclic) bond motifs is 9. The Morgan fingerprint density at radius 2 is 0.847 bits per heavy atom. The molecule has 0 aromatic heterocycles. The van der Waals surface area contributed by atoms with Crippen LogP contribution in [0.3, 0.4) is 0 Å². The summed E-state index contributed by atoms with van der Waals surface area (Å²) in [7, 11) is 0. The maximum absolute atomic E-state index is 2.62. The van der Waals surface area contributed by atoms with E-state index in [9.17, 15) is 0 Å². The van der Waals surface area contributed by atoms with Crippen molar-refractivity contribution in [2.75, 3.05) is 9.80 Å². The van der Waals surface area contributed by atoms with E-state index in [1.165, 1.54) is 126 Å². The summed E-state index contributed by atoms with van der Waals surface area (Å²) >= 11 is 0. The molecule has 412 valence electrons. The van der Waals surface area contributed by atoms with Gasteiger partial charge in [-0.15, -0.1) is 0 Å². The molecule has 0 bridgehead atoms. The molecule has 2 aliphatic carbocycles. The first-order chi connectivity index (χ1) is 41.2. The van der Waals surface area contributed by atoms with Gasteiger partial charge in [-0.2, -0.15) is 0 Å². The highest BCUT2D eigenvalue weighted by Gasteiger charge is 2.38. The van der Waals surface area contributed by atoms with Crippen molar-refractivity contribution in [1.29, 1.82) is 0 Å². The smallest absolute Gasteiger partial charge is 0.0540 e. The number of nitrogens with zero attached hydrogens (tertiary/aromatic N) is 2. The molecule has 0 unspecified atom stereocenters. The summed E-state index contributed by atoms with van der Waals surface area (Å²) in [6.07, 6.45) is 4.45. The van der Waals surface area contributed by atoms with Gasteiger partial charge in [-0.05, 0) is 212 Å². The van der Waals surface area contributed by atoms with Crippen molar-refractivity contribution < 1.29 is 0 Å². The van der Waals surface area contributed by atoms with E-state index >= 15 is 0 Å². The van der Waals surface area contributed by atoms with Crippen LogP contribution in [0, 0.1) is 0 Å². The van der Waals surface area contributed by atoms with Gasteiger partial charge in [-0.1, -0.05) is 231 Å². The van der Waals surface area contributed by atoms with Crippen LogP contribution in [0.5, 0.6) is 0 Å². The zero-order valence-electron chi connectivity index (χ0n) is 50.1. The predicted molar refractivity (Wildman–Crippen MR) is 366 cm³/mol. The van der Waals surface area contributed by atoms with Crippen molar-refractivity contribution in [3.63, 3.8) is 0 Å². The first-order valence-electron chi connectivity index (χ1n) is 30.4. The third-order valence-corrected chi connectivity index (χ3v) is 18.8. The average molecular weight is 1100 g/mol. The molecule has 15 rings (SSSR count). The van der Waals surface area contributed by atoms with Crippen LogP contribution < -0.4 is 9.80 Å². The Morgan fingerprint density at radius 1 is 0.341 bits per heavy atom. The largest absolute Gasteiger partial charge is 0.310 e. The normalized spacial score (nSPS) is 13.7. The van der Waals surface area contributed by atoms with Crippen LogP contribution >= 0.6 is 0 Å². The van der Waals surface area contributed by atoms with E-state index in [0.29, 0.717) is 0 Å². The van der Waals surface area contributed by atoms with Crippen molar-refractivity contribution in [1.82, 2.24) is 0 Å². The average Bonchev–Trinajstić information content (AvgIpc) is 1.71. The minimum atomic E-state index is -0.330. The molecule has 0 aliphatic heterocycles. The molecular weight excluding hydrogens is 1020 g/mol. The molecular formula is C83H70N2. The van der Waals surface area contributed by atoms with Crippen LogP contribution in [0.25, 0.3) is 87.8 Å². The van der Waals surface area contributed by atoms with Gasteiger partial charge in [0, 0.05) is 38.9 Å². The highest BCUT2D eigenvalue weighted by Crippen LogP contribution is 2.56. The highest BCUT2D eigenvalue weighted by molar-refractivity contribution is 6.22. The van der Waals surface area contributed by atoms with E-state index < -0.39 is 0 Å². The number of benzene rings is 13. The third-order valence-electron chi connectivity index (χ3n) is 18.8. The SMILES string of the molecule is CC(C)(C)c1ccc(N(c2ccc3c(c2)C(C)(C)c2cc4c(C5=Cc6ccccc6CC5)c5ccc(N(c6ccc(C(C)(C)C)cc6)c6cccc7ccccc67)cc5c(-c5ccc6ccccc6c5)c4cc2-3)c2cccc3ccccc23)cc1. The lowest BCUT2D eigenvalue weighted by molar-refractivity contribution is 0.590. The minimum Gasteiger partial charge on any atom is -0.310 e. The summed E-state index contributed by atoms with van der Waals surface area (Å²) in [5.74, 6) is 0.